The molecule has 1 aromatic heterocycles. The second kappa shape index (κ2) is 8.37. The van der Waals surface area contributed by atoms with Crippen LogP contribution in [-0.4, -0.2) is 23.3 Å². The number of aromatic nitrogens is 2. The van der Waals surface area contributed by atoms with Gasteiger partial charge in [-0.1, -0.05) is 37.3 Å². The maximum absolute atomic E-state index is 4.36. The minimum atomic E-state index is 0.784. The number of nitrogens with one attached hydrogen (secondary N) is 1. The molecule has 0 radical (unpaired) electrons. The van der Waals surface area contributed by atoms with Gasteiger partial charge in [-0.05, 0) is 37.6 Å². The summed E-state index contributed by atoms with van der Waals surface area (Å²) in [4.78, 5) is 2.23. The van der Waals surface area contributed by atoms with Gasteiger partial charge in [-0.25, -0.2) is 0 Å². The molecule has 2 rings (SSSR count). The SMILES string of the molecule is CCCNCc1ccc(N(CC)Cc2ccccc2)nn1. The Morgan fingerprint density at radius 3 is 2.43 bits per heavy atom. The normalized spacial score (nSPS) is 10.6. The molecule has 4 nitrogen and oxygen atoms in total. The van der Waals surface area contributed by atoms with E-state index >= 15 is 0 Å². The molecule has 1 N–H and O–H groups in total. The molecule has 1 heterocycles. The van der Waals surface area contributed by atoms with Gasteiger partial charge in [-0.3, -0.25) is 0 Å². The van der Waals surface area contributed by atoms with Crippen molar-refractivity contribution in [1.82, 2.24) is 15.5 Å². The average Bonchev–Trinajstić information content (AvgIpc) is 2.55. The molecule has 0 amide bonds. The van der Waals surface area contributed by atoms with Gasteiger partial charge in [-0.2, -0.15) is 5.10 Å². The Balaban J connectivity index is 1.98. The summed E-state index contributed by atoms with van der Waals surface area (Å²) in [6.45, 7) is 7.87. The molecular weight excluding hydrogens is 260 g/mol. The molecule has 0 atom stereocenters. The van der Waals surface area contributed by atoms with E-state index in [1.807, 2.05) is 6.07 Å². The fourth-order valence-corrected chi connectivity index (χ4v) is 2.17. The van der Waals surface area contributed by atoms with E-state index in [-0.39, 0.29) is 0 Å². The summed E-state index contributed by atoms with van der Waals surface area (Å²) in [5, 5.41) is 12.0. The average molecular weight is 284 g/mol. The van der Waals surface area contributed by atoms with Crippen LogP contribution in [0.15, 0.2) is 42.5 Å². The van der Waals surface area contributed by atoms with Crippen molar-refractivity contribution in [2.75, 3.05) is 18.0 Å². The molecule has 2 aromatic rings. The van der Waals surface area contributed by atoms with E-state index in [0.717, 1.165) is 44.1 Å². The zero-order chi connectivity index (χ0) is 14.9. The van der Waals surface area contributed by atoms with Crippen LogP contribution in [0.2, 0.25) is 0 Å². The summed E-state index contributed by atoms with van der Waals surface area (Å²) in [6.07, 6.45) is 1.13. The molecule has 0 aliphatic heterocycles. The molecule has 1 aromatic carbocycles. The Morgan fingerprint density at radius 2 is 1.81 bits per heavy atom. The van der Waals surface area contributed by atoms with E-state index in [1.165, 1.54) is 5.56 Å². The minimum Gasteiger partial charge on any atom is -0.351 e. The van der Waals surface area contributed by atoms with Crippen molar-refractivity contribution >= 4 is 5.82 Å². The molecule has 0 spiro atoms. The lowest BCUT2D eigenvalue weighted by molar-refractivity contribution is 0.655. The summed E-state index contributed by atoms with van der Waals surface area (Å²) in [5.74, 6) is 0.931. The van der Waals surface area contributed by atoms with E-state index in [4.69, 9.17) is 0 Å². The smallest absolute Gasteiger partial charge is 0.151 e. The molecular formula is C17H24N4. The van der Waals surface area contributed by atoms with Crippen LogP contribution in [0, 0.1) is 0 Å². The summed E-state index contributed by atoms with van der Waals surface area (Å²) in [5.41, 5.74) is 2.28. The Bertz CT molecular complexity index is 510. The topological polar surface area (TPSA) is 41.0 Å². The Kier molecular flexibility index (Phi) is 6.16. The first-order chi connectivity index (χ1) is 10.3. The molecule has 0 unspecified atom stereocenters. The third-order valence-corrected chi connectivity index (χ3v) is 3.36. The van der Waals surface area contributed by atoms with Crippen LogP contribution >= 0.6 is 0 Å². The summed E-state index contributed by atoms with van der Waals surface area (Å²) >= 11 is 0. The van der Waals surface area contributed by atoms with E-state index in [9.17, 15) is 0 Å². The highest BCUT2D eigenvalue weighted by molar-refractivity contribution is 5.38. The lowest BCUT2D eigenvalue weighted by Crippen LogP contribution is -2.24. The number of nitrogens with zero attached hydrogens (tertiary/aromatic N) is 3. The highest BCUT2D eigenvalue weighted by atomic mass is 15.3. The lowest BCUT2D eigenvalue weighted by atomic mass is 10.2. The van der Waals surface area contributed by atoms with Crippen LogP contribution in [0.3, 0.4) is 0 Å². The van der Waals surface area contributed by atoms with Crippen molar-refractivity contribution in [3.8, 4) is 0 Å². The maximum atomic E-state index is 4.36. The van der Waals surface area contributed by atoms with E-state index in [1.54, 1.807) is 0 Å². The first kappa shape index (κ1) is 15.4. The molecule has 0 saturated carbocycles. The van der Waals surface area contributed by atoms with Crippen molar-refractivity contribution in [2.24, 2.45) is 0 Å². The van der Waals surface area contributed by atoms with Crippen molar-refractivity contribution in [2.45, 2.75) is 33.4 Å². The standard InChI is InChI=1S/C17H24N4/c1-3-12-18-13-16-10-11-17(20-19-16)21(4-2)14-15-8-6-5-7-9-15/h5-11,18H,3-4,12-14H2,1-2H3. The number of hydrogen-bond donors (Lipinski definition) is 1. The highest BCUT2D eigenvalue weighted by Gasteiger charge is 2.07. The van der Waals surface area contributed by atoms with E-state index in [0.29, 0.717) is 0 Å². The van der Waals surface area contributed by atoms with Gasteiger partial charge in [0.1, 0.15) is 0 Å². The first-order valence-electron chi connectivity index (χ1n) is 7.65. The zero-order valence-corrected chi connectivity index (χ0v) is 12.9. The van der Waals surface area contributed by atoms with Crippen LogP contribution in [0.1, 0.15) is 31.5 Å². The highest BCUT2D eigenvalue weighted by Crippen LogP contribution is 2.13. The number of benzene rings is 1. The molecule has 4 heteroatoms. The quantitative estimate of drug-likeness (QED) is 0.757. The van der Waals surface area contributed by atoms with E-state index in [2.05, 4.69) is 70.7 Å². The van der Waals surface area contributed by atoms with Crippen LogP contribution in [0.4, 0.5) is 5.82 Å². The van der Waals surface area contributed by atoms with Crippen LogP contribution in [-0.2, 0) is 13.1 Å². The predicted molar refractivity (Wildman–Crippen MR) is 87.2 cm³/mol. The van der Waals surface area contributed by atoms with Gasteiger partial charge in [0.15, 0.2) is 5.82 Å². The molecule has 0 bridgehead atoms. The first-order valence-corrected chi connectivity index (χ1v) is 7.65. The maximum Gasteiger partial charge on any atom is 0.151 e. The van der Waals surface area contributed by atoms with Crippen molar-refractivity contribution in [3.63, 3.8) is 0 Å². The third kappa shape index (κ3) is 4.83. The van der Waals surface area contributed by atoms with Gasteiger partial charge in [0.25, 0.3) is 0 Å². The van der Waals surface area contributed by atoms with E-state index < -0.39 is 0 Å². The number of rotatable bonds is 8. The van der Waals surface area contributed by atoms with Crippen LogP contribution in [0.5, 0.6) is 0 Å². The Hall–Kier alpha value is -1.94. The molecule has 0 aliphatic carbocycles. The van der Waals surface area contributed by atoms with Gasteiger partial charge >= 0.3 is 0 Å². The van der Waals surface area contributed by atoms with Gasteiger partial charge in [0.2, 0.25) is 0 Å². The fraction of sp³-hybridized carbons (Fsp3) is 0.412. The summed E-state index contributed by atoms with van der Waals surface area (Å²) in [6, 6.07) is 14.6. The molecule has 0 fully saturated rings. The second-order valence-electron chi connectivity index (χ2n) is 5.06. The predicted octanol–water partition coefficient (Wildman–Crippen LogP) is 3.00. The lowest BCUT2D eigenvalue weighted by Gasteiger charge is -2.21. The summed E-state index contributed by atoms with van der Waals surface area (Å²) < 4.78 is 0. The van der Waals surface area contributed by atoms with Crippen molar-refractivity contribution in [3.05, 3.63) is 53.7 Å². The Morgan fingerprint density at radius 1 is 1.00 bits per heavy atom. The largest absolute Gasteiger partial charge is 0.351 e. The number of anilines is 1. The van der Waals surface area contributed by atoms with Gasteiger partial charge in [0, 0.05) is 19.6 Å². The van der Waals surface area contributed by atoms with Crippen LogP contribution < -0.4 is 10.2 Å². The molecule has 21 heavy (non-hydrogen) atoms. The summed E-state index contributed by atoms with van der Waals surface area (Å²) in [7, 11) is 0. The van der Waals surface area contributed by atoms with Crippen molar-refractivity contribution < 1.29 is 0 Å². The van der Waals surface area contributed by atoms with Crippen LogP contribution in [0.25, 0.3) is 0 Å². The van der Waals surface area contributed by atoms with Gasteiger partial charge in [0.05, 0.1) is 5.69 Å². The van der Waals surface area contributed by atoms with Gasteiger partial charge < -0.3 is 10.2 Å². The third-order valence-electron chi connectivity index (χ3n) is 3.36. The zero-order valence-electron chi connectivity index (χ0n) is 12.9. The Labute approximate surface area is 127 Å². The molecule has 0 saturated heterocycles. The number of hydrogen-bond acceptors (Lipinski definition) is 4. The minimum absolute atomic E-state index is 0.784. The van der Waals surface area contributed by atoms with Crippen molar-refractivity contribution in [1.29, 1.82) is 0 Å². The molecule has 112 valence electrons. The monoisotopic (exact) mass is 284 g/mol. The van der Waals surface area contributed by atoms with Gasteiger partial charge in [-0.15, -0.1) is 5.10 Å². The second-order valence-corrected chi connectivity index (χ2v) is 5.06. The molecule has 0 aliphatic rings. The fourth-order valence-electron chi connectivity index (χ4n) is 2.17.